The first-order valence-electron chi connectivity index (χ1n) is 10.4. The molecule has 0 unspecified atom stereocenters. The van der Waals surface area contributed by atoms with E-state index in [-0.39, 0.29) is 0 Å². The van der Waals surface area contributed by atoms with E-state index in [1.54, 1.807) is 0 Å². The molecule has 0 aliphatic heterocycles. The van der Waals surface area contributed by atoms with Crippen molar-refractivity contribution in [1.29, 1.82) is 0 Å². The molecule has 2 N–H and O–H groups in total. The van der Waals surface area contributed by atoms with Gasteiger partial charge in [0.15, 0.2) is 0 Å². The molecule has 4 aromatic rings. The standard InChI is InChI=1S/C28H24O2/c1-2-20-17-18-25-26(19-20)28(30,22-13-7-4-8-14-22)24-16-10-9-15-23(24)27(25,29)21-11-5-3-6-12-21/h3-19,29-30H,2H2,1H3/t27-,28+/m0/s1. The van der Waals surface area contributed by atoms with Gasteiger partial charge in [0, 0.05) is 0 Å². The highest BCUT2D eigenvalue weighted by molar-refractivity contribution is 5.65. The van der Waals surface area contributed by atoms with Gasteiger partial charge in [0.2, 0.25) is 0 Å². The van der Waals surface area contributed by atoms with Crippen LogP contribution in [-0.4, -0.2) is 10.2 Å². The van der Waals surface area contributed by atoms with Crippen LogP contribution in [0.3, 0.4) is 0 Å². The number of fused-ring (bicyclic) bond motifs is 2. The van der Waals surface area contributed by atoms with Crippen LogP contribution in [0.15, 0.2) is 103 Å². The second-order valence-corrected chi connectivity index (χ2v) is 7.93. The second kappa shape index (κ2) is 6.94. The quantitative estimate of drug-likeness (QED) is 0.507. The maximum atomic E-state index is 12.3. The van der Waals surface area contributed by atoms with E-state index in [0.717, 1.165) is 34.2 Å². The van der Waals surface area contributed by atoms with Crippen LogP contribution in [0, 0.1) is 0 Å². The van der Waals surface area contributed by atoms with Crippen LogP contribution in [0.4, 0.5) is 0 Å². The number of aryl methyl sites for hydroxylation is 1. The van der Waals surface area contributed by atoms with Crippen molar-refractivity contribution >= 4 is 0 Å². The van der Waals surface area contributed by atoms with Crippen LogP contribution in [-0.2, 0) is 17.6 Å². The maximum Gasteiger partial charge on any atom is 0.141 e. The van der Waals surface area contributed by atoms with Gasteiger partial charge in [-0.1, -0.05) is 110 Å². The lowest BCUT2D eigenvalue weighted by Crippen LogP contribution is -2.44. The van der Waals surface area contributed by atoms with E-state index in [4.69, 9.17) is 0 Å². The Morgan fingerprint density at radius 1 is 0.533 bits per heavy atom. The number of hydrogen-bond acceptors (Lipinski definition) is 2. The normalized spacial score (nSPS) is 22.2. The van der Waals surface area contributed by atoms with Crippen LogP contribution in [0.25, 0.3) is 0 Å². The molecule has 0 amide bonds. The van der Waals surface area contributed by atoms with E-state index in [1.807, 2.05) is 103 Å². The van der Waals surface area contributed by atoms with Crippen LogP contribution in [0.5, 0.6) is 0 Å². The zero-order chi connectivity index (χ0) is 20.8. The van der Waals surface area contributed by atoms with Crippen molar-refractivity contribution in [3.8, 4) is 0 Å². The van der Waals surface area contributed by atoms with Crippen molar-refractivity contribution < 1.29 is 10.2 Å². The van der Waals surface area contributed by atoms with Gasteiger partial charge in [0.25, 0.3) is 0 Å². The lowest BCUT2D eigenvalue weighted by molar-refractivity contribution is 0.0747. The van der Waals surface area contributed by atoms with E-state index in [2.05, 4.69) is 6.92 Å². The van der Waals surface area contributed by atoms with Gasteiger partial charge < -0.3 is 10.2 Å². The van der Waals surface area contributed by atoms with E-state index in [1.165, 1.54) is 0 Å². The molecule has 0 spiro atoms. The third-order valence-electron chi connectivity index (χ3n) is 6.36. The number of hydrogen-bond donors (Lipinski definition) is 2. The summed E-state index contributed by atoms with van der Waals surface area (Å²) in [5, 5.41) is 24.6. The Morgan fingerprint density at radius 2 is 0.967 bits per heavy atom. The topological polar surface area (TPSA) is 40.5 Å². The fourth-order valence-corrected chi connectivity index (χ4v) is 4.81. The molecule has 0 radical (unpaired) electrons. The van der Waals surface area contributed by atoms with E-state index < -0.39 is 11.2 Å². The zero-order valence-corrected chi connectivity index (χ0v) is 16.9. The van der Waals surface area contributed by atoms with Gasteiger partial charge in [-0.15, -0.1) is 0 Å². The monoisotopic (exact) mass is 392 g/mol. The zero-order valence-electron chi connectivity index (χ0n) is 16.9. The predicted octanol–water partition coefficient (Wildman–Crippen LogP) is 5.13. The van der Waals surface area contributed by atoms with Crippen molar-refractivity contribution in [2.45, 2.75) is 24.5 Å². The minimum atomic E-state index is -1.35. The molecule has 1 aliphatic rings. The highest BCUT2D eigenvalue weighted by atomic mass is 16.3. The molecule has 0 saturated heterocycles. The van der Waals surface area contributed by atoms with Gasteiger partial charge in [-0.3, -0.25) is 0 Å². The first-order valence-corrected chi connectivity index (χ1v) is 10.4. The van der Waals surface area contributed by atoms with Crippen LogP contribution in [0.1, 0.15) is 45.9 Å². The molecule has 0 fully saturated rings. The minimum absolute atomic E-state index is 0.708. The smallest absolute Gasteiger partial charge is 0.141 e. The van der Waals surface area contributed by atoms with E-state index in [9.17, 15) is 10.2 Å². The van der Waals surface area contributed by atoms with Crippen LogP contribution < -0.4 is 0 Å². The summed E-state index contributed by atoms with van der Waals surface area (Å²) in [5.74, 6) is 0. The molecule has 4 aromatic carbocycles. The average molecular weight is 392 g/mol. The summed E-state index contributed by atoms with van der Waals surface area (Å²) in [6.07, 6.45) is 0.851. The Morgan fingerprint density at radius 3 is 1.47 bits per heavy atom. The fourth-order valence-electron chi connectivity index (χ4n) is 4.81. The fraction of sp³-hybridized carbons (Fsp3) is 0.143. The summed E-state index contributed by atoms with van der Waals surface area (Å²) >= 11 is 0. The number of aliphatic hydroxyl groups is 2. The minimum Gasteiger partial charge on any atom is -0.376 e. The summed E-state index contributed by atoms with van der Waals surface area (Å²) in [5.41, 5.74) is 2.88. The lowest BCUT2D eigenvalue weighted by atomic mass is 9.63. The van der Waals surface area contributed by atoms with Gasteiger partial charge in [-0.25, -0.2) is 0 Å². The first kappa shape index (κ1) is 18.8. The van der Waals surface area contributed by atoms with Crippen molar-refractivity contribution in [2.75, 3.05) is 0 Å². The van der Waals surface area contributed by atoms with E-state index in [0.29, 0.717) is 11.1 Å². The molecule has 5 rings (SSSR count). The Labute approximate surface area is 177 Å². The van der Waals surface area contributed by atoms with Gasteiger partial charge in [0.1, 0.15) is 11.2 Å². The highest BCUT2D eigenvalue weighted by Gasteiger charge is 2.50. The third-order valence-corrected chi connectivity index (χ3v) is 6.36. The molecule has 0 bridgehead atoms. The van der Waals surface area contributed by atoms with Gasteiger partial charge in [-0.05, 0) is 45.4 Å². The van der Waals surface area contributed by atoms with Gasteiger partial charge >= 0.3 is 0 Å². The van der Waals surface area contributed by atoms with Crippen molar-refractivity contribution in [1.82, 2.24) is 0 Å². The molecule has 148 valence electrons. The molecule has 0 aromatic heterocycles. The Bertz CT molecular complexity index is 1200. The SMILES string of the molecule is CCc1ccc2c(c1)[C@@](O)(c1ccccc1)c1ccccc1[C@@]2(O)c1ccccc1. The summed E-state index contributed by atoms with van der Waals surface area (Å²) in [7, 11) is 0. The van der Waals surface area contributed by atoms with E-state index >= 15 is 0 Å². The van der Waals surface area contributed by atoms with Gasteiger partial charge in [0.05, 0.1) is 0 Å². The van der Waals surface area contributed by atoms with Crippen molar-refractivity contribution in [3.63, 3.8) is 0 Å². The maximum absolute atomic E-state index is 12.3. The van der Waals surface area contributed by atoms with Crippen LogP contribution >= 0.6 is 0 Å². The van der Waals surface area contributed by atoms with Crippen molar-refractivity contribution in [3.05, 3.63) is 142 Å². The number of benzene rings is 4. The summed E-state index contributed by atoms with van der Waals surface area (Å²) in [6.45, 7) is 2.10. The Balaban J connectivity index is 1.92. The third kappa shape index (κ3) is 2.51. The highest BCUT2D eigenvalue weighted by Crippen LogP contribution is 2.53. The molecule has 2 heteroatoms. The molecule has 0 heterocycles. The van der Waals surface area contributed by atoms with Crippen LogP contribution in [0.2, 0.25) is 0 Å². The van der Waals surface area contributed by atoms with Crippen molar-refractivity contribution in [2.24, 2.45) is 0 Å². The summed E-state index contributed by atoms with van der Waals surface area (Å²) < 4.78 is 0. The molecular formula is C28H24O2. The molecule has 30 heavy (non-hydrogen) atoms. The molecule has 2 nitrogen and oxygen atoms in total. The first-order chi connectivity index (χ1) is 14.6. The average Bonchev–Trinajstić information content (AvgIpc) is 2.83. The number of rotatable bonds is 3. The second-order valence-electron chi connectivity index (χ2n) is 7.93. The Hall–Kier alpha value is -3.20. The largest absolute Gasteiger partial charge is 0.376 e. The molecule has 2 atom stereocenters. The van der Waals surface area contributed by atoms with Gasteiger partial charge in [-0.2, -0.15) is 0 Å². The predicted molar refractivity (Wildman–Crippen MR) is 119 cm³/mol. The molecule has 0 saturated carbocycles. The summed E-state index contributed by atoms with van der Waals surface area (Å²) in [4.78, 5) is 0. The molecule has 1 aliphatic carbocycles. The summed E-state index contributed by atoms with van der Waals surface area (Å²) in [6, 6.07) is 33.2. The Kier molecular flexibility index (Phi) is 4.35. The molecular weight excluding hydrogens is 368 g/mol. The lowest BCUT2D eigenvalue weighted by Gasteiger charge is -2.45.